The largest absolute Gasteiger partial charge is 0.479 e. The molecule has 5 heteroatoms. The maximum atomic E-state index is 12.5. The molecule has 0 saturated carbocycles. The molecule has 1 heterocycles. The van der Waals surface area contributed by atoms with Crippen molar-refractivity contribution in [1.29, 1.82) is 0 Å². The minimum Gasteiger partial charge on any atom is -0.479 e. The summed E-state index contributed by atoms with van der Waals surface area (Å²) in [5.41, 5.74) is 4.59. The summed E-state index contributed by atoms with van der Waals surface area (Å²) in [7, 11) is 0. The Morgan fingerprint density at radius 2 is 1.65 bits per heavy atom. The monoisotopic (exact) mass is 349 g/mol. The quantitative estimate of drug-likeness (QED) is 0.859. The molecule has 1 amide bonds. The fourth-order valence-electron chi connectivity index (χ4n) is 3.78. The Morgan fingerprint density at radius 1 is 1.04 bits per heavy atom. The molecular formula is C21H19NO4. The molecule has 0 aromatic heterocycles. The number of carbonyl (C=O) groups excluding carboxylic acids is 1. The van der Waals surface area contributed by atoms with Gasteiger partial charge in [0, 0.05) is 12.5 Å². The highest BCUT2D eigenvalue weighted by molar-refractivity contribution is 5.83. The van der Waals surface area contributed by atoms with Gasteiger partial charge in [0.25, 0.3) is 0 Å². The standard InChI is InChI=1S/C21H19NO4/c23-20(24)19-11-5-6-12-22(19)21(25)26-13-18-16-9-3-1-7-14(16)15-8-2-4-10-17(15)18/h1-5,7-11,18-19H,6,12-13H2,(H,23,24). The summed E-state index contributed by atoms with van der Waals surface area (Å²) in [4.78, 5) is 25.1. The number of rotatable bonds is 3. The lowest BCUT2D eigenvalue weighted by molar-refractivity contribution is -0.141. The number of hydrogen-bond acceptors (Lipinski definition) is 3. The molecule has 132 valence electrons. The van der Waals surface area contributed by atoms with Crippen molar-refractivity contribution >= 4 is 12.1 Å². The SMILES string of the molecule is O=C(O)C1C=CCCN1C(=O)OCC1c2ccccc2-c2ccccc21. The summed E-state index contributed by atoms with van der Waals surface area (Å²) >= 11 is 0. The van der Waals surface area contributed by atoms with Crippen molar-refractivity contribution in [2.45, 2.75) is 18.4 Å². The van der Waals surface area contributed by atoms with Crippen molar-refractivity contribution in [3.05, 3.63) is 71.8 Å². The molecule has 2 aliphatic rings. The van der Waals surface area contributed by atoms with Crippen LogP contribution < -0.4 is 0 Å². The van der Waals surface area contributed by atoms with E-state index in [2.05, 4.69) is 24.3 Å². The molecule has 0 radical (unpaired) electrons. The number of benzene rings is 2. The van der Waals surface area contributed by atoms with Crippen LogP contribution >= 0.6 is 0 Å². The minimum atomic E-state index is -1.05. The van der Waals surface area contributed by atoms with Crippen LogP contribution in [0.3, 0.4) is 0 Å². The Hall–Kier alpha value is -3.08. The lowest BCUT2D eigenvalue weighted by Crippen LogP contribution is -2.46. The van der Waals surface area contributed by atoms with Gasteiger partial charge in [-0.05, 0) is 28.7 Å². The van der Waals surface area contributed by atoms with Gasteiger partial charge in [-0.2, -0.15) is 0 Å². The van der Waals surface area contributed by atoms with E-state index in [9.17, 15) is 14.7 Å². The first-order chi connectivity index (χ1) is 12.7. The summed E-state index contributed by atoms with van der Waals surface area (Å²) in [5.74, 6) is -1.08. The summed E-state index contributed by atoms with van der Waals surface area (Å²) in [6.45, 7) is 0.545. The maximum absolute atomic E-state index is 12.5. The third-order valence-electron chi connectivity index (χ3n) is 5.01. The Labute approximate surface area is 151 Å². The van der Waals surface area contributed by atoms with Gasteiger partial charge in [-0.3, -0.25) is 4.90 Å². The normalized spacial score (nSPS) is 18.3. The molecule has 0 fully saturated rings. The predicted molar refractivity (Wildman–Crippen MR) is 97.0 cm³/mol. The zero-order chi connectivity index (χ0) is 18.1. The molecule has 1 atom stereocenters. The molecule has 4 rings (SSSR count). The van der Waals surface area contributed by atoms with Crippen LogP contribution in [0.25, 0.3) is 11.1 Å². The highest BCUT2D eigenvalue weighted by Crippen LogP contribution is 2.44. The average Bonchev–Trinajstić information content (AvgIpc) is 3.00. The van der Waals surface area contributed by atoms with Crippen LogP contribution in [-0.4, -0.2) is 41.3 Å². The molecule has 2 aromatic carbocycles. The van der Waals surface area contributed by atoms with Crippen LogP contribution in [0.4, 0.5) is 4.79 Å². The highest BCUT2D eigenvalue weighted by Gasteiger charge is 2.33. The Bertz CT molecular complexity index is 844. The first kappa shape index (κ1) is 16.4. The number of fused-ring (bicyclic) bond motifs is 3. The van der Waals surface area contributed by atoms with Crippen molar-refractivity contribution in [3.8, 4) is 11.1 Å². The zero-order valence-electron chi connectivity index (χ0n) is 14.2. The van der Waals surface area contributed by atoms with Crippen molar-refractivity contribution < 1.29 is 19.4 Å². The number of aliphatic carboxylic acids is 1. The number of ether oxygens (including phenoxy) is 1. The molecule has 1 unspecified atom stereocenters. The Balaban J connectivity index is 1.54. The summed E-state index contributed by atoms with van der Waals surface area (Å²) in [6, 6.07) is 15.3. The topological polar surface area (TPSA) is 66.8 Å². The smallest absolute Gasteiger partial charge is 0.410 e. The van der Waals surface area contributed by atoms with E-state index >= 15 is 0 Å². The molecule has 1 N–H and O–H groups in total. The first-order valence-electron chi connectivity index (χ1n) is 8.68. The van der Waals surface area contributed by atoms with Crippen LogP contribution in [0.2, 0.25) is 0 Å². The number of nitrogens with zero attached hydrogens (tertiary/aromatic N) is 1. The van der Waals surface area contributed by atoms with Crippen LogP contribution in [-0.2, 0) is 9.53 Å². The number of carboxylic acid groups (broad SMARTS) is 1. The lowest BCUT2D eigenvalue weighted by Gasteiger charge is -2.29. The van der Waals surface area contributed by atoms with Crippen molar-refractivity contribution in [1.82, 2.24) is 4.90 Å². The molecular weight excluding hydrogens is 330 g/mol. The van der Waals surface area contributed by atoms with Gasteiger partial charge < -0.3 is 9.84 Å². The second kappa shape index (κ2) is 6.67. The van der Waals surface area contributed by atoms with Crippen molar-refractivity contribution in [3.63, 3.8) is 0 Å². The van der Waals surface area contributed by atoms with Gasteiger partial charge in [0.1, 0.15) is 6.61 Å². The fourth-order valence-corrected chi connectivity index (χ4v) is 3.78. The average molecular weight is 349 g/mol. The van der Waals surface area contributed by atoms with Crippen LogP contribution in [0.5, 0.6) is 0 Å². The third kappa shape index (κ3) is 2.75. The Kier molecular flexibility index (Phi) is 4.21. The summed E-state index contributed by atoms with van der Waals surface area (Å²) in [6.07, 6.45) is 3.37. The molecule has 0 bridgehead atoms. The van der Waals surface area contributed by atoms with Gasteiger partial charge in [0.2, 0.25) is 0 Å². The highest BCUT2D eigenvalue weighted by atomic mass is 16.6. The van der Waals surface area contributed by atoms with Gasteiger partial charge in [-0.1, -0.05) is 60.7 Å². The molecule has 1 aliphatic heterocycles. The number of carboxylic acids is 1. The van der Waals surface area contributed by atoms with E-state index in [1.165, 1.54) is 11.0 Å². The van der Waals surface area contributed by atoms with Gasteiger partial charge in [-0.15, -0.1) is 0 Å². The molecule has 2 aromatic rings. The van der Waals surface area contributed by atoms with E-state index in [-0.39, 0.29) is 12.5 Å². The van der Waals surface area contributed by atoms with E-state index < -0.39 is 18.1 Å². The molecule has 26 heavy (non-hydrogen) atoms. The number of carbonyl (C=O) groups is 2. The van der Waals surface area contributed by atoms with Gasteiger partial charge in [0.05, 0.1) is 0 Å². The van der Waals surface area contributed by atoms with Gasteiger partial charge in [-0.25, -0.2) is 9.59 Å². The fraction of sp³-hybridized carbons (Fsp3) is 0.238. The third-order valence-corrected chi connectivity index (χ3v) is 5.01. The molecule has 5 nitrogen and oxygen atoms in total. The predicted octanol–water partition coefficient (Wildman–Crippen LogP) is 3.65. The molecule has 0 spiro atoms. The van der Waals surface area contributed by atoms with E-state index in [1.54, 1.807) is 6.08 Å². The number of hydrogen-bond donors (Lipinski definition) is 1. The van der Waals surface area contributed by atoms with Crippen molar-refractivity contribution in [2.75, 3.05) is 13.2 Å². The van der Waals surface area contributed by atoms with Crippen LogP contribution in [0.1, 0.15) is 23.5 Å². The van der Waals surface area contributed by atoms with E-state index in [0.29, 0.717) is 13.0 Å². The molecule has 1 aliphatic carbocycles. The second-order valence-corrected chi connectivity index (χ2v) is 6.50. The summed E-state index contributed by atoms with van der Waals surface area (Å²) in [5, 5.41) is 9.30. The number of amides is 1. The van der Waals surface area contributed by atoms with Crippen LogP contribution in [0.15, 0.2) is 60.7 Å². The minimum absolute atomic E-state index is 0.0324. The van der Waals surface area contributed by atoms with Crippen LogP contribution in [0, 0.1) is 0 Å². The first-order valence-corrected chi connectivity index (χ1v) is 8.68. The lowest BCUT2D eigenvalue weighted by atomic mass is 9.98. The molecule has 0 saturated heterocycles. The van der Waals surface area contributed by atoms with Gasteiger partial charge in [0.15, 0.2) is 6.04 Å². The van der Waals surface area contributed by atoms with E-state index in [4.69, 9.17) is 4.74 Å². The second-order valence-electron chi connectivity index (χ2n) is 6.50. The maximum Gasteiger partial charge on any atom is 0.410 e. The van der Waals surface area contributed by atoms with E-state index in [1.807, 2.05) is 24.3 Å². The zero-order valence-corrected chi connectivity index (χ0v) is 14.2. The van der Waals surface area contributed by atoms with E-state index in [0.717, 1.165) is 22.3 Å². The summed E-state index contributed by atoms with van der Waals surface area (Å²) < 4.78 is 5.55. The van der Waals surface area contributed by atoms with Gasteiger partial charge >= 0.3 is 12.1 Å². The Morgan fingerprint density at radius 3 is 2.27 bits per heavy atom. The van der Waals surface area contributed by atoms with Crippen molar-refractivity contribution in [2.24, 2.45) is 0 Å².